The maximum atomic E-state index is 11.4. The van der Waals surface area contributed by atoms with Gasteiger partial charge in [0.1, 0.15) is 5.82 Å². The molecule has 0 radical (unpaired) electrons. The number of aliphatic imine (C=N–C) groups is 1. The van der Waals surface area contributed by atoms with Crippen molar-refractivity contribution in [2.24, 2.45) is 10.7 Å². The molecule has 0 aliphatic carbocycles. The van der Waals surface area contributed by atoms with E-state index in [0.717, 1.165) is 31.3 Å². The number of nitrogens with two attached hydrogens (primary N) is 1. The zero-order valence-electron chi connectivity index (χ0n) is 7.81. The van der Waals surface area contributed by atoms with Crippen LogP contribution >= 0.6 is 0 Å². The van der Waals surface area contributed by atoms with Gasteiger partial charge < -0.3 is 5.73 Å². The van der Waals surface area contributed by atoms with E-state index in [0.29, 0.717) is 6.54 Å². The lowest BCUT2D eigenvalue weighted by Crippen LogP contribution is -2.29. The molecular formula is C8H13N3O2S. The van der Waals surface area contributed by atoms with Crippen LogP contribution in [0.1, 0.15) is 12.8 Å². The van der Waals surface area contributed by atoms with Crippen LogP contribution in [0, 0.1) is 0 Å². The lowest BCUT2D eigenvalue weighted by molar-refractivity contribution is 0.389. The summed E-state index contributed by atoms with van der Waals surface area (Å²) in [5.41, 5.74) is 5.35. The molecule has 2 heterocycles. The maximum absolute atomic E-state index is 11.4. The Labute approximate surface area is 83.2 Å². The second-order valence-corrected chi connectivity index (χ2v) is 5.37. The Hall–Kier alpha value is -0.880. The van der Waals surface area contributed by atoms with Gasteiger partial charge in [0.05, 0.1) is 12.0 Å². The average Bonchev–Trinajstić information content (AvgIpc) is 2.61. The van der Waals surface area contributed by atoms with Crippen LogP contribution in [0.3, 0.4) is 0 Å². The van der Waals surface area contributed by atoms with E-state index >= 15 is 0 Å². The van der Waals surface area contributed by atoms with Crippen molar-refractivity contribution < 1.29 is 8.42 Å². The molecule has 78 valence electrons. The first-order valence-corrected chi connectivity index (χ1v) is 6.15. The van der Waals surface area contributed by atoms with Gasteiger partial charge in [0, 0.05) is 0 Å². The van der Waals surface area contributed by atoms with Crippen molar-refractivity contribution in [2.45, 2.75) is 12.8 Å². The third kappa shape index (κ3) is 1.80. The quantitative estimate of drug-likeness (QED) is 0.684. The van der Waals surface area contributed by atoms with Crippen LogP contribution < -0.4 is 5.73 Å². The highest BCUT2D eigenvalue weighted by Gasteiger charge is 2.26. The van der Waals surface area contributed by atoms with Crippen molar-refractivity contribution in [1.29, 1.82) is 0 Å². The van der Waals surface area contributed by atoms with Gasteiger partial charge in [0.2, 0.25) is 9.84 Å². The molecule has 0 atom stereocenters. The van der Waals surface area contributed by atoms with Crippen LogP contribution in [0.25, 0.3) is 0 Å². The minimum absolute atomic E-state index is 0.0965. The van der Waals surface area contributed by atoms with Gasteiger partial charge in [-0.1, -0.05) is 0 Å². The second kappa shape index (κ2) is 3.36. The number of likely N-dealkylation sites (tertiary alicyclic amines) is 1. The molecule has 2 aliphatic rings. The number of hydrogen-bond donors (Lipinski definition) is 1. The van der Waals surface area contributed by atoms with E-state index in [1.54, 1.807) is 0 Å². The van der Waals surface area contributed by atoms with Crippen molar-refractivity contribution in [3.63, 3.8) is 0 Å². The zero-order valence-corrected chi connectivity index (χ0v) is 8.63. The van der Waals surface area contributed by atoms with E-state index in [4.69, 9.17) is 5.73 Å². The van der Waals surface area contributed by atoms with Crippen molar-refractivity contribution in [1.82, 2.24) is 4.90 Å². The minimum atomic E-state index is -3.30. The molecule has 1 fully saturated rings. The first-order chi connectivity index (χ1) is 6.58. The predicted octanol–water partition coefficient (Wildman–Crippen LogP) is -0.333. The monoisotopic (exact) mass is 215 g/mol. The fourth-order valence-corrected chi connectivity index (χ4v) is 2.82. The molecule has 6 heteroatoms. The number of rotatable bonds is 2. The van der Waals surface area contributed by atoms with Gasteiger partial charge in [-0.3, -0.25) is 4.90 Å². The van der Waals surface area contributed by atoms with Crippen LogP contribution in [0.15, 0.2) is 16.2 Å². The van der Waals surface area contributed by atoms with Gasteiger partial charge in [-0.2, -0.15) is 0 Å². The Morgan fingerprint density at radius 3 is 2.57 bits per heavy atom. The lowest BCUT2D eigenvalue weighted by atomic mass is 10.4. The second-order valence-electron chi connectivity index (χ2n) is 3.58. The Morgan fingerprint density at radius 2 is 2.07 bits per heavy atom. The fraction of sp³-hybridized carbons (Fsp3) is 0.625. The minimum Gasteiger partial charge on any atom is -0.383 e. The third-order valence-corrected chi connectivity index (χ3v) is 3.84. The normalized spacial score (nSPS) is 26.3. The van der Waals surface area contributed by atoms with E-state index < -0.39 is 9.84 Å². The lowest BCUT2D eigenvalue weighted by Gasteiger charge is -2.13. The molecule has 5 nitrogen and oxygen atoms in total. The average molecular weight is 215 g/mol. The molecule has 1 saturated heterocycles. The largest absolute Gasteiger partial charge is 0.383 e. The van der Waals surface area contributed by atoms with Crippen LogP contribution in [-0.4, -0.2) is 38.0 Å². The molecule has 0 aromatic rings. The summed E-state index contributed by atoms with van der Waals surface area (Å²) < 4.78 is 22.9. The summed E-state index contributed by atoms with van der Waals surface area (Å²) in [5.74, 6) is 0.0965. The van der Waals surface area contributed by atoms with Gasteiger partial charge in [-0.05, 0) is 25.9 Å². The van der Waals surface area contributed by atoms with Crippen LogP contribution in [0.2, 0.25) is 0 Å². The molecule has 0 amide bonds. The van der Waals surface area contributed by atoms with Crippen LogP contribution in [0.5, 0.6) is 0 Å². The highest BCUT2D eigenvalue weighted by molar-refractivity contribution is 8.09. The van der Waals surface area contributed by atoms with Gasteiger partial charge in [0.15, 0.2) is 5.04 Å². The molecule has 2 rings (SSSR count). The summed E-state index contributed by atoms with van der Waals surface area (Å²) >= 11 is 0. The van der Waals surface area contributed by atoms with Gasteiger partial charge in [0.25, 0.3) is 0 Å². The molecule has 2 N–H and O–H groups in total. The number of hydrogen-bond acceptors (Lipinski definition) is 5. The summed E-state index contributed by atoms with van der Waals surface area (Å²) in [5, 5.41) is 1.22. The van der Waals surface area contributed by atoms with Crippen molar-refractivity contribution in [3.8, 4) is 0 Å². The molecule has 0 spiro atoms. The molecule has 14 heavy (non-hydrogen) atoms. The SMILES string of the molecule is NC1=CS(=O)(=O)C(CN2CCCC2)=N1. The number of nitrogens with zero attached hydrogens (tertiary/aromatic N) is 2. The van der Waals surface area contributed by atoms with Gasteiger partial charge in [-0.15, -0.1) is 0 Å². The van der Waals surface area contributed by atoms with Gasteiger partial charge >= 0.3 is 0 Å². The Bertz CT molecular complexity index is 391. The Kier molecular flexibility index (Phi) is 2.32. The first-order valence-electron chi connectivity index (χ1n) is 4.60. The predicted molar refractivity (Wildman–Crippen MR) is 54.3 cm³/mol. The Morgan fingerprint density at radius 1 is 1.43 bits per heavy atom. The standard InChI is InChI=1S/C8H13N3O2S/c9-7-6-14(12,13)8(10-7)5-11-3-1-2-4-11/h6H,1-5,9H2. The molecule has 0 saturated carbocycles. The molecular weight excluding hydrogens is 202 g/mol. The Balaban J connectivity index is 2.10. The topological polar surface area (TPSA) is 75.8 Å². The van der Waals surface area contributed by atoms with Crippen molar-refractivity contribution in [3.05, 3.63) is 11.2 Å². The first kappa shape index (κ1) is 9.67. The zero-order chi connectivity index (χ0) is 10.2. The van der Waals surface area contributed by atoms with E-state index in [1.165, 1.54) is 0 Å². The fourth-order valence-electron chi connectivity index (χ4n) is 1.72. The highest BCUT2D eigenvalue weighted by atomic mass is 32.2. The molecule has 0 aromatic carbocycles. The molecule has 2 aliphatic heterocycles. The summed E-state index contributed by atoms with van der Waals surface area (Å²) in [6, 6.07) is 0. The highest BCUT2D eigenvalue weighted by Crippen LogP contribution is 2.14. The summed E-state index contributed by atoms with van der Waals surface area (Å²) in [4.78, 5) is 5.92. The molecule has 0 unspecified atom stereocenters. The smallest absolute Gasteiger partial charge is 0.218 e. The van der Waals surface area contributed by atoms with Crippen molar-refractivity contribution in [2.75, 3.05) is 19.6 Å². The summed E-state index contributed by atoms with van der Waals surface area (Å²) in [6.07, 6.45) is 2.27. The van der Waals surface area contributed by atoms with E-state index in [1.807, 2.05) is 0 Å². The van der Waals surface area contributed by atoms with E-state index in [2.05, 4.69) is 9.89 Å². The van der Waals surface area contributed by atoms with Crippen LogP contribution in [-0.2, 0) is 9.84 Å². The van der Waals surface area contributed by atoms with Crippen molar-refractivity contribution >= 4 is 14.9 Å². The summed E-state index contributed by atoms with van der Waals surface area (Å²) in [7, 11) is -3.30. The summed E-state index contributed by atoms with van der Waals surface area (Å²) in [6.45, 7) is 2.31. The maximum Gasteiger partial charge on any atom is 0.218 e. The van der Waals surface area contributed by atoms with E-state index in [9.17, 15) is 8.42 Å². The molecule has 0 bridgehead atoms. The number of sulfone groups is 1. The van der Waals surface area contributed by atoms with E-state index in [-0.39, 0.29) is 10.9 Å². The van der Waals surface area contributed by atoms with Crippen LogP contribution in [0.4, 0.5) is 0 Å². The molecule has 0 aromatic heterocycles. The third-order valence-electron chi connectivity index (χ3n) is 2.42. The van der Waals surface area contributed by atoms with Gasteiger partial charge in [-0.25, -0.2) is 13.4 Å².